The highest BCUT2D eigenvalue weighted by Gasteiger charge is 2.34. The molecule has 0 saturated carbocycles. The van der Waals surface area contributed by atoms with Crippen molar-refractivity contribution >= 4 is 11.3 Å². The molecule has 5 nitrogen and oxygen atoms in total. The Morgan fingerprint density at radius 1 is 1.28 bits per heavy atom. The number of aryl methyl sites for hydroxylation is 1. The second-order valence-electron chi connectivity index (χ2n) is 5.18. The highest BCUT2D eigenvalue weighted by molar-refractivity contribution is 5.69. The van der Waals surface area contributed by atoms with Crippen LogP contribution in [0.15, 0.2) is 18.3 Å². The molecule has 0 radical (unpaired) electrons. The average Bonchev–Trinajstić information content (AvgIpc) is 2.94. The molecule has 0 aromatic carbocycles. The highest BCUT2D eigenvalue weighted by atomic mass is 16.5. The second kappa shape index (κ2) is 3.68. The molecule has 2 aliphatic rings. The zero-order valence-electron chi connectivity index (χ0n) is 10.4. The van der Waals surface area contributed by atoms with Gasteiger partial charge in [-0.05, 0) is 31.9 Å². The first-order chi connectivity index (χ1) is 8.79. The molecular weight excluding hydrogens is 228 g/mol. The Bertz CT molecular complexity index is 582. The van der Waals surface area contributed by atoms with Crippen molar-refractivity contribution in [3.63, 3.8) is 0 Å². The highest BCUT2D eigenvalue weighted by Crippen LogP contribution is 2.30. The predicted octanol–water partition coefficient (Wildman–Crippen LogP) is 1.41. The molecule has 0 amide bonds. The maximum atomic E-state index is 5.88. The van der Waals surface area contributed by atoms with Gasteiger partial charge in [-0.1, -0.05) is 0 Å². The van der Waals surface area contributed by atoms with Gasteiger partial charge in [0.2, 0.25) is 0 Å². The van der Waals surface area contributed by atoms with E-state index in [9.17, 15) is 0 Å². The number of rotatable bonds is 1. The van der Waals surface area contributed by atoms with Crippen molar-refractivity contribution in [2.45, 2.75) is 32.0 Å². The molecule has 5 heteroatoms. The summed E-state index contributed by atoms with van der Waals surface area (Å²) in [6.45, 7) is 3.85. The summed E-state index contributed by atoms with van der Waals surface area (Å²) >= 11 is 0. The number of ether oxygens (including phenoxy) is 1. The molecule has 2 fully saturated rings. The van der Waals surface area contributed by atoms with Gasteiger partial charge >= 0.3 is 0 Å². The van der Waals surface area contributed by atoms with Crippen molar-refractivity contribution in [3.05, 3.63) is 24.2 Å². The molecular formula is C13H16N4O. The number of anilines is 1. The van der Waals surface area contributed by atoms with Gasteiger partial charge in [-0.15, -0.1) is 0 Å². The van der Waals surface area contributed by atoms with Gasteiger partial charge in [-0.3, -0.25) is 0 Å². The van der Waals surface area contributed by atoms with Crippen LogP contribution in [0, 0.1) is 6.92 Å². The zero-order chi connectivity index (χ0) is 12.1. The second-order valence-corrected chi connectivity index (χ2v) is 5.18. The number of hydrogen-bond donors (Lipinski definition) is 0. The Labute approximate surface area is 105 Å². The van der Waals surface area contributed by atoms with E-state index in [4.69, 9.17) is 4.74 Å². The van der Waals surface area contributed by atoms with Gasteiger partial charge in [0, 0.05) is 19.3 Å². The Morgan fingerprint density at radius 3 is 2.83 bits per heavy atom. The monoisotopic (exact) mass is 244 g/mol. The predicted molar refractivity (Wildman–Crippen MR) is 67.8 cm³/mol. The number of hydrogen-bond acceptors (Lipinski definition) is 4. The Morgan fingerprint density at radius 2 is 2.06 bits per heavy atom. The van der Waals surface area contributed by atoms with E-state index in [2.05, 4.69) is 21.0 Å². The van der Waals surface area contributed by atoms with Gasteiger partial charge in [-0.25, -0.2) is 9.50 Å². The summed E-state index contributed by atoms with van der Waals surface area (Å²) in [5.41, 5.74) is 1.09. The maximum Gasteiger partial charge on any atom is 0.157 e. The molecule has 0 spiro atoms. The van der Waals surface area contributed by atoms with Crippen LogP contribution in [0.2, 0.25) is 0 Å². The molecule has 0 unspecified atom stereocenters. The molecule has 2 bridgehead atoms. The number of nitrogens with zero attached hydrogens (tertiary/aromatic N) is 4. The number of aromatic nitrogens is 3. The van der Waals surface area contributed by atoms with Crippen molar-refractivity contribution in [3.8, 4) is 0 Å². The topological polar surface area (TPSA) is 42.7 Å². The fourth-order valence-electron chi connectivity index (χ4n) is 3.05. The molecule has 0 aliphatic carbocycles. The lowest BCUT2D eigenvalue weighted by atomic mass is 10.2. The van der Waals surface area contributed by atoms with Crippen LogP contribution in [0.1, 0.15) is 18.7 Å². The van der Waals surface area contributed by atoms with Crippen molar-refractivity contribution < 1.29 is 4.74 Å². The minimum absolute atomic E-state index is 0.383. The van der Waals surface area contributed by atoms with E-state index >= 15 is 0 Å². The quantitative estimate of drug-likeness (QED) is 0.760. The Balaban J connectivity index is 1.79. The van der Waals surface area contributed by atoms with Gasteiger partial charge < -0.3 is 9.64 Å². The van der Waals surface area contributed by atoms with Gasteiger partial charge in [0.1, 0.15) is 11.3 Å². The molecule has 4 rings (SSSR count). The van der Waals surface area contributed by atoms with E-state index in [0.29, 0.717) is 12.2 Å². The van der Waals surface area contributed by atoms with Crippen LogP contribution >= 0.6 is 0 Å². The maximum absolute atomic E-state index is 5.88. The smallest absolute Gasteiger partial charge is 0.157 e. The van der Waals surface area contributed by atoms with Crippen LogP contribution in [-0.2, 0) is 4.74 Å². The van der Waals surface area contributed by atoms with Gasteiger partial charge in [0.25, 0.3) is 0 Å². The molecule has 0 N–H and O–H groups in total. The van der Waals surface area contributed by atoms with Crippen molar-refractivity contribution in [2.24, 2.45) is 0 Å². The Kier molecular flexibility index (Phi) is 2.11. The first kappa shape index (κ1) is 10.3. The lowest BCUT2D eigenvalue weighted by molar-refractivity contribution is 0.0303. The third-order valence-corrected chi connectivity index (χ3v) is 3.82. The molecule has 18 heavy (non-hydrogen) atoms. The molecule has 2 aromatic heterocycles. The standard InChI is InChI=1S/C13H16N4O/c1-9-14-13(12-3-2-6-17(12)15-9)16-7-10-4-5-11(8-16)18-10/h2-3,6,10-11H,4-5,7-8H2,1H3/t10-,11+. The summed E-state index contributed by atoms with van der Waals surface area (Å²) in [6.07, 6.45) is 5.11. The van der Waals surface area contributed by atoms with E-state index < -0.39 is 0 Å². The van der Waals surface area contributed by atoms with E-state index in [1.165, 1.54) is 12.8 Å². The first-order valence-electron chi connectivity index (χ1n) is 6.52. The van der Waals surface area contributed by atoms with Crippen molar-refractivity contribution in [1.29, 1.82) is 0 Å². The summed E-state index contributed by atoms with van der Waals surface area (Å²) < 4.78 is 7.79. The minimum Gasteiger partial charge on any atom is -0.371 e. The van der Waals surface area contributed by atoms with E-state index in [0.717, 1.165) is 30.2 Å². The average molecular weight is 244 g/mol. The van der Waals surface area contributed by atoms with Gasteiger partial charge in [0.15, 0.2) is 5.82 Å². The van der Waals surface area contributed by atoms with E-state index in [1.807, 2.05) is 23.7 Å². The molecule has 2 aromatic rings. The van der Waals surface area contributed by atoms with Crippen LogP contribution in [0.3, 0.4) is 0 Å². The lowest BCUT2D eigenvalue weighted by Crippen LogP contribution is -2.43. The summed E-state index contributed by atoms with van der Waals surface area (Å²) in [4.78, 5) is 6.99. The summed E-state index contributed by atoms with van der Waals surface area (Å²) in [5.74, 6) is 1.86. The van der Waals surface area contributed by atoms with Crippen LogP contribution in [0.5, 0.6) is 0 Å². The number of fused-ring (bicyclic) bond motifs is 3. The molecule has 2 atom stereocenters. The van der Waals surface area contributed by atoms with Gasteiger partial charge in [0.05, 0.1) is 12.2 Å². The van der Waals surface area contributed by atoms with Crippen LogP contribution in [0.4, 0.5) is 5.82 Å². The molecule has 94 valence electrons. The lowest BCUT2D eigenvalue weighted by Gasteiger charge is -2.33. The first-order valence-corrected chi connectivity index (χ1v) is 6.52. The minimum atomic E-state index is 0.383. The summed E-state index contributed by atoms with van der Waals surface area (Å²) in [7, 11) is 0. The normalized spacial score (nSPS) is 27.1. The third-order valence-electron chi connectivity index (χ3n) is 3.82. The van der Waals surface area contributed by atoms with Crippen LogP contribution < -0.4 is 4.90 Å². The summed E-state index contributed by atoms with van der Waals surface area (Å²) in [5, 5.41) is 4.39. The van der Waals surface area contributed by atoms with E-state index in [-0.39, 0.29) is 0 Å². The van der Waals surface area contributed by atoms with Crippen molar-refractivity contribution in [1.82, 2.24) is 14.6 Å². The van der Waals surface area contributed by atoms with E-state index in [1.54, 1.807) is 0 Å². The van der Waals surface area contributed by atoms with Crippen LogP contribution in [0.25, 0.3) is 5.52 Å². The largest absolute Gasteiger partial charge is 0.371 e. The molecule has 2 aliphatic heterocycles. The van der Waals surface area contributed by atoms with Crippen LogP contribution in [-0.4, -0.2) is 39.9 Å². The third kappa shape index (κ3) is 1.50. The fourth-order valence-corrected chi connectivity index (χ4v) is 3.05. The number of morpholine rings is 1. The molecule has 2 saturated heterocycles. The summed E-state index contributed by atoms with van der Waals surface area (Å²) in [6, 6.07) is 4.09. The fraction of sp³-hybridized carbons (Fsp3) is 0.538. The SMILES string of the molecule is Cc1nc(N2C[C@H]3CC[C@@H](C2)O3)c2cccn2n1. The Hall–Kier alpha value is -1.62. The van der Waals surface area contributed by atoms with Gasteiger partial charge in [-0.2, -0.15) is 5.10 Å². The molecule has 4 heterocycles. The van der Waals surface area contributed by atoms with Crippen molar-refractivity contribution in [2.75, 3.05) is 18.0 Å². The zero-order valence-corrected chi connectivity index (χ0v) is 10.4.